The van der Waals surface area contributed by atoms with Crippen molar-refractivity contribution in [3.63, 3.8) is 0 Å². The van der Waals surface area contributed by atoms with E-state index in [-0.39, 0.29) is 26.1 Å². The van der Waals surface area contributed by atoms with Gasteiger partial charge >= 0.3 is 115 Å². The number of nitrogens with one attached hydrogen (secondary N) is 1. The molecular weight excluding hydrogens is 307 g/mol. The van der Waals surface area contributed by atoms with Crippen molar-refractivity contribution in [3.8, 4) is 0 Å². The number of para-hydroxylation sites is 1. The topological polar surface area (TPSA) is 59.1 Å². The second-order valence-electron chi connectivity index (χ2n) is 4.15. The Balaban J connectivity index is 1.96. The summed E-state index contributed by atoms with van der Waals surface area (Å²) in [6.45, 7) is 1.85. The van der Waals surface area contributed by atoms with Crippen molar-refractivity contribution in [2.45, 2.75) is 6.92 Å². The third-order valence-electron chi connectivity index (χ3n) is 2.75. The van der Waals surface area contributed by atoms with Gasteiger partial charge in [0.15, 0.2) is 0 Å². The average molecular weight is 317 g/mol. The van der Waals surface area contributed by atoms with Gasteiger partial charge in [-0.05, 0) is 0 Å². The molecule has 4 nitrogen and oxygen atoms in total. The van der Waals surface area contributed by atoms with Crippen molar-refractivity contribution in [1.29, 1.82) is 0 Å². The number of hydrogen-bond donors (Lipinski definition) is 1. The average Bonchev–Trinajstić information content (AvgIpc) is 2.80. The summed E-state index contributed by atoms with van der Waals surface area (Å²) in [6, 6.07) is 9.31. The van der Waals surface area contributed by atoms with E-state index in [1.807, 2.05) is 37.3 Å². The summed E-state index contributed by atoms with van der Waals surface area (Å²) in [5.41, 5.74) is 1.40. The van der Waals surface area contributed by atoms with E-state index in [2.05, 4.69) is 10.3 Å². The molecule has 0 spiro atoms. The number of Topliss-reactive ketones (excluding diaryl/α,β-unsaturated/α-hetero) is 1. The Morgan fingerprint density at radius 3 is 2.63 bits per heavy atom. The molecule has 1 aliphatic rings. The summed E-state index contributed by atoms with van der Waals surface area (Å²) < 4.78 is 1.45. The summed E-state index contributed by atoms with van der Waals surface area (Å²) in [5, 5.41) is 2.98. The van der Waals surface area contributed by atoms with Gasteiger partial charge in [0.2, 0.25) is 0 Å². The molecule has 0 saturated carbocycles. The van der Waals surface area contributed by atoms with Crippen molar-refractivity contribution in [2.24, 2.45) is 0 Å². The monoisotopic (exact) mass is 318 g/mol. The zero-order valence-electron chi connectivity index (χ0n) is 10.1. The number of carbonyl (C=O) groups is 2. The number of nitrogens with zero attached hydrogens (tertiary/aromatic N) is 1. The Labute approximate surface area is 115 Å². The quantitative estimate of drug-likeness (QED) is 0.859. The Morgan fingerprint density at radius 1 is 1.16 bits per heavy atom. The van der Waals surface area contributed by atoms with Gasteiger partial charge < -0.3 is 0 Å². The van der Waals surface area contributed by atoms with Crippen LogP contribution in [0, 0.1) is 6.92 Å². The van der Waals surface area contributed by atoms with E-state index < -0.39 is 0 Å². The normalized spacial score (nSPS) is 14.1. The predicted octanol–water partition coefficient (Wildman–Crippen LogP) is 1.82. The first-order valence-corrected chi connectivity index (χ1v) is 7.46. The summed E-state index contributed by atoms with van der Waals surface area (Å²) >= 11 is -0.100. The van der Waals surface area contributed by atoms with Crippen LogP contribution >= 0.6 is 0 Å². The van der Waals surface area contributed by atoms with Crippen LogP contribution in [0.3, 0.4) is 0 Å². The Bertz CT molecular complexity index is 701. The van der Waals surface area contributed by atoms with Gasteiger partial charge in [-0.1, -0.05) is 0 Å². The van der Waals surface area contributed by atoms with Gasteiger partial charge in [0.1, 0.15) is 0 Å². The van der Waals surface area contributed by atoms with Crippen molar-refractivity contribution in [1.82, 2.24) is 4.98 Å². The van der Waals surface area contributed by atoms with Gasteiger partial charge in [-0.15, -0.1) is 0 Å². The molecule has 0 aliphatic heterocycles. The SMILES string of the molecule is Cc1nc2c([se]1)C(=O)C=C(Nc1ccccc1)C2=O. The van der Waals surface area contributed by atoms with Crippen LogP contribution in [0.1, 0.15) is 24.3 Å². The van der Waals surface area contributed by atoms with Gasteiger partial charge in [-0.2, -0.15) is 0 Å². The van der Waals surface area contributed by atoms with Crippen LogP contribution < -0.4 is 5.32 Å². The van der Waals surface area contributed by atoms with Crippen LogP contribution in [-0.4, -0.2) is 31.1 Å². The molecule has 1 aromatic carbocycles. The van der Waals surface area contributed by atoms with Gasteiger partial charge in [-0.25, -0.2) is 0 Å². The zero-order valence-corrected chi connectivity index (χ0v) is 11.8. The summed E-state index contributed by atoms with van der Waals surface area (Å²) in [4.78, 5) is 28.5. The van der Waals surface area contributed by atoms with E-state index in [0.29, 0.717) is 15.8 Å². The molecule has 0 bridgehead atoms. The summed E-state index contributed by atoms with van der Waals surface area (Å²) in [5.74, 6) is -0.300. The van der Waals surface area contributed by atoms with E-state index in [9.17, 15) is 9.59 Å². The first kappa shape index (κ1) is 12.1. The molecule has 94 valence electrons. The molecule has 0 radical (unpaired) electrons. The second-order valence-corrected chi connectivity index (χ2v) is 6.68. The fraction of sp³-hybridized carbons (Fsp3) is 0.0714. The molecular formula is C14H10N2O2Se. The minimum atomic E-state index is -0.197. The van der Waals surface area contributed by atoms with Crippen LogP contribution in [0.15, 0.2) is 42.1 Å². The Morgan fingerprint density at radius 2 is 1.89 bits per heavy atom. The molecule has 1 aromatic heterocycles. The first-order valence-electron chi connectivity index (χ1n) is 5.75. The van der Waals surface area contributed by atoms with Crippen molar-refractivity contribution in [2.75, 3.05) is 5.32 Å². The number of allylic oxidation sites excluding steroid dienone is 2. The summed E-state index contributed by atoms with van der Waals surface area (Å²) in [7, 11) is 0. The van der Waals surface area contributed by atoms with E-state index >= 15 is 0 Å². The Hall–Kier alpha value is -1.97. The van der Waals surface area contributed by atoms with Crippen LogP contribution in [-0.2, 0) is 0 Å². The number of anilines is 1. The second kappa shape index (κ2) is 4.61. The van der Waals surface area contributed by atoms with Crippen molar-refractivity contribution < 1.29 is 9.59 Å². The van der Waals surface area contributed by atoms with Gasteiger partial charge in [-0.3, -0.25) is 0 Å². The number of rotatable bonds is 2. The van der Waals surface area contributed by atoms with Crippen LogP contribution in [0.2, 0.25) is 0 Å². The molecule has 1 heterocycles. The van der Waals surface area contributed by atoms with Gasteiger partial charge in [0.05, 0.1) is 0 Å². The maximum atomic E-state index is 12.3. The summed E-state index contributed by atoms with van der Waals surface area (Å²) in [6.07, 6.45) is 1.38. The molecule has 5 heteroatoms. The zero-order chi connectivity index (χ0) is 13.4. The maximum absolute atomic E-state index is 12.3. The standard InChI is InChI=1S/C14H10N2O2Se/c1-8-15-12-13(18)10(7-11(17)14(12)19-8)16-9-5-3-2-4-6-9/h2-7,16H,1H3. The molecule has 0 atom stereocenters. The number of aromatic nitrogens is 1. The minimum absolute atomic E-state index is 0.100. The molecule has 1 aliphatic carbocycles. The van der Waals surface area contributed by atoms with E-state index in [1.165, 1.54) is 6.08 Å². The van der Waals surface area contributed by atoms with Crippen molar-refractivity contribution >= 4 is 31.8 Å². The fourth-order valence-electron chi connectivity index (χ4n) is 1.91. The Kier molecular flexibility index (Phi) is 2.93. The molecule has 0 unspecified atom stereocenters. The molecule has 0 fully saturated rings. The molecule has 19 heavy (non-hydrogen) atoms. The molecule has 2 aromatic rings. The van der Waals surface area contributed by atoms with Gasteiger partial charge in [0, 0.05) is 0 Å². The molecule has 1 N–H and O–H groups in total. The number of ketones is 2. The molecule has 0 amide bonds. The van der Waals surface area contributed by atoms with Crippen LogP contribution in [0.25, 0.3) is 0 Å². The first-order chi connectivity index (χ1) is 9.15. The number of aryl methyl sites for hydroxylation is 1. The van der Waals surface area contributed by atoms with E-state index in [0.717, 1.165) is 10.3 Å². The van der Waals surface area contributed by atoms with E-state index in [1.54, 1.807) is 0 Å². The fourth-order valence-corrected chi connectivity index (χ4v) is 3.64. The predicted molar refractivity (Wildman–Crippen MR) is 72.7 cm³/mol. The van der Waals surface area contributed by atoms with Crippen LogP contribution in [0.4, 0.5) is 5.69 Å². The van der Waals surface area contributed by atoms with Crippen LogP contribution in [0.5, 0.6) is 0 Å². The molecule has 0 saturated heterocycles. The van der Waals surface area contributed by atoms with Crippen molar-refractivity contribution in [3.05, 3.63) is 56.8 Å². The number of carbonyl (C=O) groups excluding carboxylic acids is 2. The number of benzene rings is 1. The number of hydrogen-bond acceptors (Lipinski definition) is 4. The van der Waals surface area contributed by atoms with E-state index in [4.69, 9.17) is 0 Å². The molecule has 3 rings (SSSR count). The third-order valence-corrected chi connectivity index (χ3v) is 4.81. The third kappa shape index (κ3) is 2.18. The van der Waals surface area contributed by atoms with Gasteiger partial charge in [0.25, 0.3) is 0 Å². The number of fused-ring (bicyclic) bond motifs is 1.